The van der Waals surface area contributed by atoms with E-state index in [9.17, 15) is 0 Å². The molecule has 4 aromatic rings. The second-order valence-corrected chi connectivity index (χ2v) is 9.20. The second kappa shape index (κ2) is 12.7. The van der Waals surface area contributed by atoms with Crippen LogP contribution in [-0.4, -0.2) is 41.7 Å². The first-order chi connectivity index (χ1) is 19.4. The maximum absolute atomic E-state index is 6.55. The normalized spacial score (nSPS) is 10.7. The first-order valence-electron chi connectivity index (χ1n) is 13.3. The lowest BCUT2D eigenvalue weighted by Gasteiger charge is -2.25. The van der Waals surface area contributed by atoms with Gasteiger partial charge in [-0.2, -0.15) is 0 Å². The molecule has 4 aromatic carbocycles. The van der Waals surface area contributed by atoms with E-state index in [0.717, 1.165) is 44.5 Å². The van der Waals surface area contributed by atoms with E-state index in [1.165, 1.54) is 0 Å². The van der Waals surface area contributed by atoms with Crippen LogP contribution in [0.3, 0.4) is 0 Å². The van der Waals surface area contributed by atoms with Gasteiger partial charge in [-0.25, -0.2) is 0 Å². The maximum Gasteiger partial charge on any atom is 0.161 e. The molecule has 6 heteroatoms. The lowest BCUT2D eigenvalue weighted by molar-refractivity contribution is 0.326. The van der Waals surface area contributed by atoms with Crippen molar-refractivity contribution in [1.82, 2.24) is 0 Å². The number of hydrogen-bond acceptors (Lipinski definition) is 6. The van der Waals surface area contributed by atoms with Gasteiger partial charge in [0.05, 0.1) is 52.8 Å². The van der Waals surface area contributed by atoms with Crippen molar-refractivity contribution in [2.45, 2.75) is 27.7 Å². The second-order valence-electron chi connectivity index (χ2n) is 9.20. The Hall–Kier alpha value is -4.32. The SMILES string of the molecule is CCOc1[c]c(-c2ccc(OC)c(OC)c2)c(-c2c(OC)cccc2OC)c(OCC)c1-c1cc(C)ccc1C. The van der Waals surface area contributed by atoms with Gasteiger partial charge in [0.25, 0.3) is 0 Å². The molecule has 0 saturated heterocycles. The van der Waals surface area contributed by atoms with Gasteiger partial charge in [0.15, 0.2) is 11.5 Å². The van der Waals surface area contributed by atoms with E-state index in [1.807, 2.05) is 50.2 Å². The van der Waals surface area contributed by atoms with Gasteiger partial charge in [0, 0.05) is 17.2 Å². The quantitative estimate of drug-likeness (QED) is 0.192. The number of aryl methyl sites for hydroxylation is 2. The fourth-order valence-corrected chi connectivity index (χ4v) is 4.92. The van der Waals surface area contributed by atoms with Crippen molar-refractivity contribution in [3.8, 4) is 67.9 Å². The van der Waals surface area contributed by atoms with Crippen molar-refractivity contribution >= 4 is 0 Å². The van der Waals surface area contributed by atoms with Gasteiger partial charge in [-0.1, -0.05) is 35.9 Å². The first kappa shape index (κ1) is 28.7. The van der Waals surface area contributed by atoms with Gasteiger partial charge >= 0.3 is 0 Å². The maximum atomic E-state index is 6.55. The summed E-state index contributed by atoms with van der Waals surface area (Å²) < 4.78 is 35.8. The molecule has 40 heavy (non-hydrogen) atoms. The molecule has 0 aliphatic heterocycles. The number of rotatable bonds is 11. The molecule has 0 N–H and O–H groups in total. The summed E-state index contributed by atoms with van der Waals surface area (Å²) >= 11 is 0. The zero-order chi connectivity index (χ0) is 28.8. The van der Waals surface area contributed by atoms with Crippen molar-refractivity contribution in [3.05, 3.63) is 71.8 Å². The summed E-state index contributed by atoms with van der Waals surface area (Å²) in [6, 6.07) is 21.5. The summed E-state index contributed by atoms with van der Waals surface area (Å²) in [5.74, 6) is 3.77. The zero-order valence-corrected chi connectivity index (χ0v) is 24.6. The van der Waals surface area contributed by atoms with E-state index in [-0.39, 0.29) is 0 Å². The monoisotopic (exact) mass is 541 g/mol. The minimum Gasteiger partial charge on any atom is -0.496 e. The average Bonchev–Trinajstić information content (AvgIpc) is 2.98. The largest absolute Gasteiger partial charge is 0.496 e. The van der Waals surface area contributed by atoms with Gasteiger partial charge in [0.2, 0.25) is 0 Å². The molecule has 0 unspecified atom stereocenters. The third-order valence-electron chi connectivity index (χ3n) is 6.76. The van der Waals surface area contributed by atoms with Gasteiger partial charge < -0.3 is 28.4 Å². The lowest BCUT2D eigenvalue weighted by atomic mass is 9.86. The van der Waals surface area contributed by atoms with Crippen LogP contribution in [0.4, 0.5) is 0 Å². The highest BCUT2D eigenvalue weighted by Crippen LogP contribution is 2.55. The van der Waals surface area contributed by atoms with Crippen LogP contribution in [-0.2, 0) is 0 Å². The molecule has 0 atom stereocenters. The minimum atomic E-state index is 0.434. The van der Waals surface area contributed by atoms with Crippen LogP contribution in [0, 0.1) is 19.9 Å². The molecule has 0 bridgehead atoms. The highest BCUT2D eigenvalue weighted by atomic mass is 16.5. The van der Waals surface area contributed by atoms with Crippen molar-refractivity contribution in [2.75, 3.05) is 41.7 Å². The van der Waals surface area contributed by atoms with E-state index < -0.39 is 0 Å². The number of ether oxygens (including phenoxy) is 6. The Morgan fingerprint density at radius 2 is 1.27 bits per heavy atom. The Kier molecular flexibility index (Phi) is 9.10. The van der Waals surface area contributed by atoms with Crippen LogP contribution in [0.2, 0.25) is 0 Å². The average molecular weight is 542 g/mol. The lowest BCUT2D eigenvalue weighted by Crippen LogP contribution is -2.05. The summed E-state index contributed by atoms with van der Waals surface area (Å²) in [5.41, 5.74) is 7.20. The topological polar surface area (TPSA) is 55.4 Å². The van der Waals surface area contributed by atoms with E-state index >= 15 is 0 Å². The molecule has 0 fully saturated rings. The predicted octanol–water partition coefficient (Wildman–Crippen LogP) is 7.94. The number of methoxy groups -OCH3 is 4. The molecule has 4 rings (SSSR count). The van der Waals surface area contributed by atoms with Crippen molar-refractivity contribution in [1.29, 1.82) is 0 Å². The molecular weight excluding hydrogens is 504 g/mol. The number of hydrogen-bond donors (Lipinski definition) is 0. The molecule has 0 heterocycles. The molecule has 1 radical (unpaired) electrons. The molecule has 0 amide bonds. The molecule has 6 nitrogen and oxygen atoms in total. The Bertz CT molecular complexity index is 1470. The van der Waals surface area contributed by atoms with Gasteiger partial charge in [-0.05, 0) is 68.7 Å². The zero-order valence-electron chi connectivity index (χ0n) is 24.6. The summed E-state index contributed by atoms with van der Waals surface area (Å²) in [5, 5.41) is 0. The molecule has 0 aliphatic rings. The van der Waals surface area contributed by atoms with E-state index in [4.69, 9.17) is 28.4 Å². The molecule has 0 aromatic heterocycles. The van der Waals surface area contributed by atoms with Gasteiger partial charge in [0.1, 0.15) is 23.0 Å². The van der Waals surface area contributed by atoms with Crippen LogP contribution in [0.5, 0.6) is 34.5 Å². The Morgan fingerprint density at radius 1 is 0.625 bits per heavy atom. The molecule has 0 spiro atoms. The summed E-state index contributed by atoms with van der Waals surface area (Å²) in [6.07, 6.45) is 0. The summed E-state index contributed by atoms with van der Waals surface area (Å²) in [4.78, 5) is 0. The fourth-order valence-electron chi connectivity index (χ4n) is 4.92. The standard InChI is InChI=1S/C34H37O6/c1-9-39-30-20-25(23-16-17-26(35-5)29(19-23)38-8)32(33-27(36-6)12-11-13-28(33)37-7)34(40-10-2)31(30)24-18-21(3)14-15-22(24)4/h11-19H,9-10H2,1-8H3. The van der Waals surface area contributed by atoms with Crippen LogP contribution in [0.15, 0.2) is 54.6 Å². The van der Waals surface area contributed by atoms with Crippen LogP contribution in [0.25, 0.3) is 33.4 Å². The third-order valence-corrected chi connectivity index (χ3v) is 6.76. The van der Waals surface area contributed by atoms with E-state index in [0.29, 0.717) is 47.7 Å². The minimum absolute atomic E-state index is 0.434. The summed E-state index contributed by atoms with van der Waals surface area (Å²) in [6.45, 7) is 9.00. The number of benzene rings is 4. The van der Waals surface area contributed by atoms with Gasteiger partial charge in [-0.3, -0.25) is 0 Å². The molecule has 209 valence electrons. The van der Waals surface area contributed by atoms with Crippen LogP contribution < -0.4 is 28.4 Å². The van der Waals surface area contributed by atoms with Crippen LogP contribution >= 0.6 is 0 Å². The Balaban J connectivity index is 2.26. The van der Waals surface area contributed by atoms with E-state index in [1.54, 1.807) is 28.4 Å². The fraction of sp³-hybridized carbons (Fsp3) is 0.294. The predicted molar refractivity (Wildman–Crippen MR) is 160 cm³/mol. The molecular formula is C34H37O6. The first-order valence-corrected chi connectivity index (χ1v) is 13.3. The third kappa shape index (κ3) is 5.39. The van der Waals surface area contributed by atoms with Gasteiger partial charge in [-0.15, -0.1) is 0 Å². The molecule has 0 aliphatic carbocycles. The Labute approximate surface area is 237 Å². The van der Waals surface area contributed by atoms with Crippen molar-refractivity contribution in [3.63, 3.8) is 0 Å². The van der Waals surface area contributed by atoms with Crippen molar-refractivity contribution < 1.29 is 28.4 Å². The molecule has 0 saturated carbocycles. The van der Waals surface area contributed by atoms with Crippen molar-refractivity contribution in [2.24, 2.45) is 0 Å². The summed E-state index contributed by atoms with van der Waals surface area (Å²) in [7, 11) is 6.54. The highest BCUT2D eigenvalue weighted by molar-refractivity contribution is 5.99. The Morgan fingerprint density at radius 3 is 1.88 bits per heavy atom. The highest BCUT2D eigenvalue weighted by Gasteiger charge is 2.29. The van der Waals surface area contributed by atoms with E-state index in [2.05, 4.69) is 38.1 Å². The smallest absolute Gasteiger partial charge is 0.161 e. The van der Waals surface area contributed by atoms with Crippen LogP contribution in [0.1, 0.15) is 25.0 Å².